The zero-order valence-electron chi connectivity index (χ0n) is 9.20. The molecule has 0 aliphatic rings. The molecule has 0 atom stereocenters. The summed E-state index contributed by atoms with van der Waals surface area (Å²) in [7, 11) is 0. The topological polar surface area (TPSA) is 70.8 Å². The molecule has 0 aromatic carbocycles. The average Bonchev–Trinajstić information content (AvgIpc) is 2.77. The van der Waals surface area contributed by atoms with Crippen molar-refractivity contribution in [2.75, 3.05) is 13.1 Å². The van der Waals surface area contributed by atoms with Crippen LogP contribution in [0.3, 0.4) is 0 Å². The number of carboxylic acid groups (broad SMARTS) is 1. The Bertz CT molecular complexity index is 420. The van der Waals surface area contributed by atoms with Crippen molar-refractivity contribution in [2.24, 2.45) is 0 Å². The summed E-state index contributed by atoms with van der Waals surface area (Å²) in [6.45, 7) is 3.31. The third kappa shape index (κ3) is 4.38. The third-order valence-electron chi connectivity index (χ3n) is 1.92. The minimum atomic E-state index is -1.06. The lowest BCUT2D eigenvalue weighted by atomic mass is 10.3. The van der Waals surface area contributed by atoms with E-state index < -0.39 is 11.9 Å². The van der Waals surface area contributed by atoms with Gasteiger partial charge >= 0.3 is 5.97 Å². The Morgan fingerprint density at radius 3 is 2.82 bits per heavy atom. The van der Waals surface area contributed by atoms with Crippen LogP contribution in [0.15, 0.2) is 41.5 Å². The molecule has 17 heavy (non-hydrogen) atoms. The van der Waals surface area contributed by atoms with Crippen molar-refractivity contribution in [3.05, 3.63) is 42.9 Å². The number of amides is 1. The smallest absolute Gasteiger partial charge is 0.323 e. The van der Waals surface area contributed by atoms with Gasteiger partial charge in [-0.15, -0.1) is 6.58 Å². The van der Waals surface area contributed by atoms with Gasteiger partial charge < -0.3 is 14.4 Å². The fourth-order valence-electron chi connectivity index (χ4n) is 1.20. The predicted molar refractivity (Wildman–Crippen MR) is 62.2 cm³/mol. The minimum absolute atomic E-state index is 0.188. The highest BCUT2D eigenvalue weighted by molar-refractivity contribution is 5.93. The monoisotopic (exact) mass is 235 g/mol. The highest BCUT2D eigenvalue weighted by Crippen LogP contribution is 2.03. The zero-order valence-corrected chi connectivity index (χ0v) is 9.20. The van der Waals surface area contributed by atoms with Gasteiger partial charge in [-0.3, -0.25) is 9.59 Å². The van der Waals surface area contributed by atoms with Crippen molar-refractivity contribution in [1.29, 1.82) is 0 Å². The molecule has 5 heteroatoms. The van der Waals surface area contributed by atoms with Crippen molar-refractivity contribution in [3.63, 3.8) is 0 Å². The Kier molecular flexibility index (Phi) is 4.75. The van der Waals surface area contributed by atoms with Gasteiger partial charge in [0.25, 0.3) is 0 Å². The van der Waals surface area contributed by atoms with E-state index in [4.69, 9.17) is 9.52 Å². The number of nitrogens with zero attached hydrogens (tertiary/aromatic N) is 1. The highest BCUT2D eigenvalue weighted by Gasteiger charge is 2.12. The first kappa shape index (κ1) is 12.8. The molecule has 1 aromatic rings. The van der Waals surface area contributed by atoms with Crippen LogP contribution in [0.25, 0.3) is 6.08 Å². The first-order chi connectivity index (χ1) is 8.13. The van der Waals surface area contributed by atoms with E-state index in [1.54, 1.807) is 12.1 Å². The summed E-state index contributed by atoms with van der Waals surface area (Å²) in [4.78, 5) is 23.4. The van der Waals surface area contributed by atoms with Crippen molar-refractivity contribution < 1.29 is 19.1 Å². The molecule has 0 unspecified atom stereocenters. The maximum atomic E-state index is 11.7. The fraction of sp³-hybridized carbons (Fsp3) is 0.167. The number of rotatable bonds is 6. The largest absolute Gasteiger partial charge is 0.480 e. The van der Waals surface area contributed by atoms with E-state index in [9.17, 15) is 9.59 Å². The summed E-state index contributed by atoms with van der Waals surface area (Å²) < 4.78 is 5.01. The number of hydrogen-bond acceptors (Lipinski definition) is 3. The van der Waals surface area contributed by atoms with Crippen LogP contribution in [0.4, 0.5) is 0 Å². The van der Waals surface area contributed by atoms with E-state index in [1.807, 2.05) is 0 Å². The zero-order chi connectivity index (χ0) is 12.7. The lowest BCUT2D eigenvalue weighted by molar-refractivity contribution is -0.142. The van der Waals surface area contributed by atoms with Crippen LogP contribution < -0.4 is 0 Å². The molecule has 90 valence electrons. The molecule has 5 nitrogen and oxygen atoms in total. The Morgan fingerprint density at radius 2 is 2.29 bits per heavy atom. The van der Waals surface area contributed by atoms with Gasteiger partial charge in [0.1, 0.15) is 12.3 Å². The Morgan fingerprint density at radius 1 is 1.53 bits per heavy atom. The van der Waals surface area contributed by atoms with Gasteiger partial charge in [0.2, 0.25) is 5.91 Å². The molecule has 0 bridgehead atoms. The molecule has 0 fully saturated rings. The molecule has 1 aromatic heterocycles. The van der Waals surface area contributed by atoms with Crippen molar-refractivity contribution in [3.8, 4) is 0 Å². The van der Waals surface area contributed by atoms with Gasteiger partial charge in [-0.2, -0.15) is 0 Å². The molecule has 1 amide bonds. The van der Waals surface area contributed by atoms with Gasteiger partial charge in [-0.1, -0.05) is 6.08 Å². The van der Waals surface area contributed by atoms with Crippen LogP contribution in [-0.2, 0) is 9.59 Å². The average molecular weight is 235 g/mol. The van der Waals surface area contributed by atoms with Gasteiger partial charge in [0.15, 0.2) is 0 Å². The van der Waals surface area contributed by atoms with Gasteiger partial charge in [-0.25, -0.2) is 0 Å². The SMILES string of the molecule is C=CCN(CC(=O)O)C(=O)C=Cc1ccco1. The highest BCUT2D eigenvalue weighted by atomic mass is 16.4. The summed E-state index contributed by atoms with van der Waals surface area (Å²) in [6.07, 6.45) is 5.72. The lowest BCUT2D eigenvalue weighted by Crippen LogP contribution is -2.34. The molecule has 0 aliphatic heterocycles. The molecule has 0 saturated carbocycles. The minimum Gasteiger partial charge on any atom is -0.480 e. The molecule has 0 saturated heterocycles. The normalized spacial score (nSPS) is 10.4. The number of aliphatic carboxylic acids is 1. The number of carbonyl (C=O) groups is 2. The Hall–Kier alpha value is -2.30. The molecule has 1 N–H and O–H groups in total. The summed E-state index contributed by atoms with van der Waals surface area (Å²) >= 11 is 0. The van der Waals surface area contributed by atoms with Crippen LogP contribution >= 0.6 is 0 Å². The van der Waals surface area contributed by atoms with Crippen LogP contribution in [0, 0.1) is 0 Å². The predicted octanol–water partition coefficient (Wildman–Crippen LogP) is 1.39. The second-order valence-corrected chi connectivity index (χ2v) is 3.25. The quantitative estimate of drug-likeness (QED) is 0.597. The van der Waals surface area contributed by atoms with Crippen molar-refractivity contribution in [2.45, 2.75) is 0 Å². The second kappa shape index (κ2) is 6.32. The fourth-order valence-corrected chi connectivity index (χ4v) is 1.20. The van der Waals surface area contributed by atoms with Crippen molar-refractivity contribution in [1.82, 2.24) is 4.90 Å². The van der Waals surface area contributed by atoms with Gasteiger partial charge in [-0.05, 0) is 18.2 Å². The van der Waals surface area contributed by atoms with Crippen molar-refractivity contribution >= 4 is 18.0 Å². The van der Waals surface area contributed by atoms with E-state index in [2.05, 4.69) is 6.58 Å². The van der Waals surface area contributed by atoms with Gasteiger partial charge in [0.05, 0.1) is 6.26 Å². The van der Waals surface area contributed by atoms with Crippen LogP contribution in [-0.4, -0.2) is 35.0 Å². The van der Waals surface area contributed by atoms with E-state index in [-0.39, 0.29) is 13.1 Å². The second-order valence-electron chi connectivity index (χ2n) is 3.25. The molecule has 1 rings (SSSR count). The molecule has 0 spiro atoms. The molecular formula is C12H13NO4. The summed E-state index contributed by atoms with van der Waals surface area (Å²) in [5, 5.41) is 8.64. The molecule has 1 heterocycles. The summed E-state index contributed by atoms with van der Waals surface area (Å²) in [5.41, 5.74) is 0. The van der Waals surface area contributed by atoms with E-state index in [0.29, 0.717) is 5.76 Å². The molecular weight excluding hydrogens is 222 g/mol. The van der Waals surface area contributed by atoms with E-state index >= 15 is 0 Å². The lowest BCUT2D eigenvalue weighted by Gasteiger charge is -2.16. The number of carboxylic acids is 1. The first-order valence-electron chi connectivity index (χ1n) is 4.96. The van der Waals surface area contributed by atoms with Crippen LogP contribution in [0.1, 0.15) is 5.76 Å². The number of carbonyl (C=O) groups excluding carboxylic acids is 1. The number of furan rings is 1. The van der Waals surface area contributed by atoms with E-state index in [0.717, 1.165) is 4.90 Å². The Balaban J connectivity index is 2.64. The maximum Gasteiger partial charge on any atom is 0.323 e. The first-order valence-corrected chi connectivity index (χ1v) is 4.96. The van der Waals surface area contributed by atoms with Crippen LogP contribution in [0.5, 0.6) is 0 Å². The van der Waals surface area contributed by atoms with Gasteiger partial charge in [0, 0.05) is 12.6 Å². The van der Waals surface area contributed by atoms with Crippen LogP contribution in [0.2, 0.25) is 0 Å². The standard InChI is InChI=1S/C12H13NO4/c1-2-7-13(9-12(15)16)11(14)6-5-10-4-3-8-17-10/h2-6,8H,1,7,9H2,(H,15,16). The summed E-state index contributed by atoms with van der Waals surface area (Å²) in [6, 6.07) is 3.39. The number of hydrogen-bond donors (Lipinski definition) is 1. The summed E-state index contributed by atoms with van der Waals surface area (Å²) in [5.74, 6) is -0.928. The van der Waals surface area contributed by atoms with E-state index in [1.165, 1.54) is 24.5 Å². The molecule has 0 radical (unpaired) electrons. The maximum absolute atomic E-state index is 11.7. The Labute approximate surface area is 98.6 Å². The molecule has 0 aliphatic carbocycles. The third-order valence-corrected chi connectivity index (χ3v) is 1.92.